The minimum Gasteiger partial charge on any atom is -0.363 e. The van der Waals surface area contributed by atoms with E-state index in [0.717, 1.165) is 11.5 Å². The van der Waals surface area contributed by atoms with Crippen LogP contribution in [0, 0.1) is 6.92 Å². The number of rotatable bonds is 3. The van der Waals surface area contributed by atoms with Crippen molar-refractivity contribution in [3.05, 3.63) is 66.1 Å². The zero-order valence-electron chi connectivity index (χ0n) is 13.1. The van der Waals surface area contributed by atoms with Gasteiger partial charge in [0.05, 0.1) is 0 Å². The average Bonchev–Trinajstić information content (AvgIpc) is 3.02. The van der Waals surface area contributed by atoms with Crippen LogP contribution >= 0.6 is 0 Å². The van der Waals surface area contributed by atoms with E-state index in [9.17, 15) is 0 Å². The lowest BCUT2D eigenvalue weighted by molar-refractivity contribution is 0.839. The van der Waals surface area contributed by atoms with Crippen LogP contribution in [0.25, 0.3) is 16.6 Å². The molecule has 0 aliphatic heterocycles. The zero-order chi connectivity index (χ0) is 15.8. The number of hydrogen-bond donors (Lipinski definition) is 1. The van der Waals surface area contributed by atoms with E-state index in [4.69, 9.17) is 0 Å². The number of fused-ring (bicyclic) bond motifs is 2. The van der Waals surface area contributed by atoms with Crippen LogP contribution in [0.3, 0.4) is 0 Å². The molecule has 0 saturated carbocycles. The van der Waals surface area contributed by atoms with Gasteiger partial charge in [-0.3, -0.25) is 0 Å². The normalized spacial score (nSPS) is 12.6. The quantitative estimate of drug-likeness (QED) is 0.626. The number of anilines is 1. The van der Waals surface area contributed by atoms with Gasteiger partial charge in [0.25, 0.3) is 5.78 Å². The highest BCUT2D eigenvalue weighted by Gasteiger charge is 2.10. The predicted molar refractivity (Wildman–Crippen MR) is 91.5 cm³/mol. The van der Waals surface area contributed by atoms with Crippen LogP contribution in [0.4, 0.5) is 5.82 Å². The van der Waals surface area contributed by atoms with E-state index in [-0.39, 0.29) is 6.04 Å². The fourth-order valence-electron chi connectivity index (χ4n) is 2.82. The third kappa shape index (κ3) is 2.50. The number of aryl methyl sites for hydroxylation is 1. The van der Waals surface area contributed by atoms with E-state index in [1.807, 2.05) is 13.0 Å². The third-order valence-electron chi connectivity index (χ3n) is 4.02. The summed E-state index contributed by atoms with van der Waals surface area (Å²) in [5.41, 5.74) is 2.14. The van der Waals surface area contributed by atoms with Crippen molar-refractivity contribution in [1.29, 1.82) is 0 Å². The minimum atomic E-state index is 0.147. The summed E-state index contributed by atoms with van der Waals surface area (Å²) < 4.78 is 1.73. The summed E-state index contributed by atoms with van der Waals surface area (Å²) in [6.07, 6.45) is 1.52. The van der Waals surface area contributed by atoms with Crippen molar-refractivity contribution in [3.8, 4) is 0 Å². The second-order valence-electron chi connectivity index (χ2n) is 5.73. The lowest BCUT2D eigenvalue weighted by Crippen LogP contribution is -2.11. The molecule has 4 rings (SSSR count). The van der Waals surface area contributed by atoms with Crippen molar-refractivity contribution in [2.75, 3.05) is 5.32 Å². The number of nitrogens with zero attached hydrogens (tertiary/aromatic N) is 4. The summed E-state index contributed by atoms with van der Waals surface area (Å²) in [5.74, 6) is 1.50. The van der Waals surface area contributed by atoms with Gasteiger partial charge < -0.3 is 5.32 Å². The zero-order valence-corrected chi connectivity index (χ0v) is 13.1. The van der Waals surface area contributed by atoms with Gasteiger partial charge in [-0.25, -0.2) is 4.98 Å². The molecule has 0 unspecified atom stereocenters. The molecule has 2 aromatic heterocycles. The maximum absolute atomic E-state index is 4.37. The molecule has 0 fully saturated rings. The molecule has 2 aromatic carbocycles. The topological polar surface area (TPSA) is 55.1 Å². The molecule has 0 aliphatic rings. The maximum atomic E-state index is 4.37. The third-order valence-corrected chi connectivity index (χ3v) is 4.02. The Bertz CT molecular complexity index is 989. The Morgan fingerprint density at radius 2 is 1.87 bits per heavy atom. The maximum Gasteiger partial charge on any atom is 0.254 e. The number of hydrogen-bond acceptors (Lipinski definition) is 4. The molecular formula is C18H17N5. The van der Waals surface area contributed by atoms with Crippen molar-refractivity contribution < 1.29 is 0 Å². The Hall–Kier alpha value is -2.95. The second kappa shape index (κ2) is 5.35. The van der Waals surface area contributed by atoms with Crippen LogP contribution in [-0.4, -0.2) is 19.6 Å². The summed E-state index contributed by atoms with van der Waals surface area (Å²) in [6, 6.07) is 17.1. The molecule has 0 aliphatic carbocycles. The summed E-state index contributed by atoms with van der Waals surface area (Å²) >= 11 is 0. The molecule has 4 aromatic rings. The molecule has 114 valence electrons. The van der Waals surface area contributed by atoms with Gasteiger partial charge in [0.1, 0.15) is 12.1 Å². The summed E-state index contributed by atoms with van der Waals surface area (Å²) in [6.45, 7) is 4.10. The van der Waals surface area contributed by atoms with E-state index in [1.165, 1.54) is 22.7 Å². The smallest absolute Gasteiger partial charge is 0.254 e. The lowest BCUT2D eigenvalue weighted by Gasteiger charge is -2.17. The molecule has 0 radical (unpaired) electrons. The highest BCUT2D eigenvalue weighted by atomic mass is 15.4. The van der Waals surface area contributed by atoms with Crippen LogP contribution in [0.1, 0.15) is 24.2 Å². The number of benzene rings is 2. The lowest BCUT2D eigenvalue weighted by atomic mass is 10.0. The minimum absolute atomic E-state index is 0.147. The van der Waals surface area contributed by atoms with E-state index >= 15 is 0 Å². The van der Waals surface area contributed by atoms with E-state index in [0.29, 0.717) is 5.78 Å². The molecule has 0 bridgehead atoms. The van der Waals surface area contributed by atoms with Crippen LogP contribution in [0.2, 0.25) is 0 Å². The first-order valence-electron chi connectivity index (χ1n) is 7.63. The van der Waals surface area contributed by atoms with Crippen molar-refractivity contribution in [1.82, 2.24) is 19.6 Å². The fourth-order valence-corrected chi connectivity index (χ4v) is 2.82. The van der Waals surface area contributed by atoms with Crippen molar-refractivity contribution in [2.24, 2.45) is 0 Å². The second-order valence-corrected chi connectivity index (χ2v) is 5.73. The van der Waals surface area contributed by atoms with Gasteiger partial charge in [-0.1, -0.05) is 36.4 Å². The van der Waals surface area contributed by atoms with Crippen molar-refractivity contribution in [3.63, 3.8) is 0 Å². The van der Waals surface area contributed by atoms with E-state index < -0.39 is 0 Å². The molecule has 1 atom stereocenters. The Labute approximate surface area is 134 Å². The molecule has 0 saturated heterocycles. The first kappa shape index (κ1) is 13.7. The SMILES string of the molecule is Cc1cc(N[C@H](C)c2ccc3ccccc3c2)n2ncnc2n1. The van der Waals surface area contributed by atoms with E-state index in [1.54, 1.807) is 4.52 Å². The van der Waals surface area contributed by atoms with Crippen LogP contribution in [-0.2, 0) is 0 Å². The highest BCUT2D eigenvalue weighted by molar-refractivity contribution is 5.83. The van der Waals surface area contributed by atoms with Crippen molar-refractivity contribution >= 4 is 22.4 Å². The molecule has 2 heterocycles. The van der Waals surface area contributed by atoms with Gasteiger partial charge in [0.2, 0.25) is 0 Å². The van der Waals surface area contributed by atoms with Gasteiger partial charge in [0, 0.05) is 17.8 Å². The largest absolute Gasteiger partial charge is 0.363 e. The predicted octanol–water partition coefficient (Wildman–Crippen LogP) is 3.76. The Morgan fingerprint density at radius 3 is 2.74 bits per heavy atom. The molecule has 1 N–H and O–H groups in total. The Kier molecular flexibility index (Phi) is 3.19. The van der Waals surface area contributed by atoms with Gasteiger partial charge in [0.15, 0.2) is 0 Å². The first-order valence-corrected chi connectivity index (χ1v) is 7.63. The van der Waals surface area contributed by atoms with Crippen LogP contribution in [0.15, 0.2) is 54.9 Å². The van der Waals surface area contributed by atoms with Crippen LogP contribution in [0.5, 0.6) is 0 Å². The monoisotopic (exact) mass is 303 g/mol. The standard InChI is InChI=1S/C18H17N5/c1-12-9-17(23-18(21-12)19-11-20-23)22-13(2)15-8-7-14-5-3-4-6-16(14)10-15/h3-11,13,22H,1-2H3/t13-/m1/s1. The van der Waals surface area contributed by atoms with Crippen LogP contribution < -0.4 is 5.32 Å². The molecule has 0 spiro atoms. The van der Waals surface area contributed by atoms with Crippen molar-refractivity contribution in [2.45, 2.75) is 19.9 Å². The number of aromatic nitrogens is 4. The summed E-state index contributed by atoms with van der Waals surface area (Å²) in [5, 5.41) is 10.2. The Morgan fingerprint density at radius 1 is 1.04 bits per heavy atom. The van der Waals surface area contributed by atoms with Gasteiger partial charge in [-0.05, 0) is 36.2 Å². The van der Waals surface area contributed by atoms with Gasteiger partial charge in [-0.2, -0.15) is 14.6 Å². The average molecular weight is 303 g/mol. The van der Waals surface area contributed by atoms with E-state index in [2.05, 4.69) is 69.8 Å². The molecule has 23 heavy (non-hydrogen) atoms. The first-order chi connectivity index (χ1) is 11.2. The molecule has 5 nitrogen and oxygen atoms in total. The molecular weight excluding hydrogens is 286 g/mol. The molecule has 0 amide bonds. The Balaban J connectivity index is 1.70. The highest BCUT2D eigenvalue weighted by Crippen LogP contribution is 2.23. The van der Waals surface area contributed by atoms with Gasteiger partial charge >= 0.3 is 0 Å². The fraction of sp³-hybridized carbons (Fsp3) is 0.167. The summed E-state index contributed by atoms with van der Waals surface area (Å²) in [4.78, 5) is 8.53. The number of nitrogens with one attached hydrogen (secondary N) is 1. The molecule has 5 heteroatoms. The summed E-state index contributed by atoms with van der Waals surface area (Å²) in [7, 11) is 0. The van der Waals surface area contributed by atoms with Gasteiger partial charge in [-0.15, -0.1) is 0 Å².